The molecule has 0 aliphatic rings. The minimum atomic E-state index is -5.05. The number of esters is 1. The summed E-state index contributed by atoms with van der Waals surface area (Å²) in [6.07, 6.45) is 0.462. The quantitative estimate of drug-likeness (QED) is 0.342. The van der Waals surface area contributed by atoms with Gasteiger partial charge in [0.1, 0.15) is 0 Å². The summed E-state index contributed by atoms with van der Waals surface area (Å²) in [5.41, 5.74) is -0.895. The van der Waals surface area contributed by atoms with E-state index in [4.69, 9.17) is 0 Å². The number of hydrogen-bond donors (Lipinski definition) is 0. The SMILES string of the molecule is CCOC(=O)/C=C(\C)[B-](F)(F)F.[K+]. The van der Waals surface area contributed by atoms with Crippen molar-refractivity contribution in [2.75, 3.05) is 6.61 Å². The zero-order valence-corrected chi connectivity index (χ0v) is 10.9. The van der Waals surface area contributed by atoms with Gasteiger partial charge in [0.05, 0.1) is 6.61 Å². The molecule has 0 aliphatic heterocycles. The van der Waals surface area contributed by atoms with Crippen LogP contribution in [0, 0.1) is 0 Å². The van der Waals surface area contributed by atoms with Crippen LogP contribution in [0.5, 0.6) is 0 Å². The molecule has 0 N–H and O–H groups in total. The van der Waals surface area contributed by atoms with Crippen LogP contribution in [0.25, 0.3) is 0 Å². The van der Waals surface area contributed by atoms with Crippen LogP contribution >= 0.6 is 0 Å². The Bertz CT molecular complexity index is 203. The van der Waals surface area contributed by atoms with E-state index in [2.05, 4.69) is 4.74 Å². The molecular weight excluding hydrogens is 211 g/mol. The third kappa shape index (κ3) is 7.75. The second-order valence-corrected chi connectivity index (χ2v) is 2.22. The van der Waals surface area contributed by atoms with E-state index in [9.17, 15) is 17.7 Å². The van der Waals surface area contributed by atoms with Gasteiger partial charge in [0.15, 0.2) is 0 Å². The number of rotatable bonds is 3. The van der Waals surface area contributed by atoms with Crippen LogP contribution in [0.1, 0.15) is 13.8 Å². The van der Waals surface area contributed by atoms with Gasteiger partial charge in [0.25, 0.3) is 0 Å². The van der Waals surface area contributed by atoms with Gasteiger partial charge in [-0.25, -0.2) is 4.79 Å². The summed E-state index contributed by atoms with van der Waals surface area (Å²) in [7, 11) is 0. The minimum absolute atomic E-state index is 0. The summed E-state index contributed by atoms with van der Waals surface area (Å²) in [6.45, 7) is -2.61. The van der Waals surface area contributed by atoms with Crippen molar-refractivity contribution in [2.24, 2.45) is 0 Å². The van der Waals surface area contributed by atoms with E-state index in [0.717, 1.165) is 6.92 Å². The Balaban J connectivity index is 0. The van der Waals surface area contributed by atoms with Gasteiger partial charge in [-0.1, -0.05) is 6.92 Å². The van der Waals surface area contributed by atoms with Crippen molar-refractivity contribution in [1.29, 1.82) is 0 Å². The van der Waals surface area contributed by atoms with Crippen molar-refractivity contribution in [1.82, 2.24) is 0 Å². The predicted molar refractivity (Wildman–Crippen MR) is 39.5 cm³/mol. The molecule has 7 heteroatoms. The van der Waals surface area contributed by atoms with E-state index in [1.807, 2.05) is 0 Å². The van der Waals surface area contributed by atoms with E-state index in [1.54, 1.807) is 0 Å². The van der Waals surface area contributed by atoms with Crippen molar-refractivity contribution < 1.29 is 73.9 Å². The Morgan fingerprint density at radius 3 is 2.23 bits per heavy atom. The Morgan fingerprint density at radius 2 is 1.92 bits per heavy atom. The van der Waals surface area contributed by atoms with Crippen molar-refractivity contribution in [3.05, 3.63) is 11.5 Å². The average molecular weight is 220 g/mol. The molecule has 0 aromatic carbocycles. The molecule has 0 bridgehead atoms. The predicted octanol–water partition coefficient (Wildman–Crippen LogP) is -1.11. The number of ether oxygens (including phenoxy) is 1. The van der Waals surface area contributed by atoms with Crippen molar-refractivity contribution in [2.45, 2.75) is 13.8 Å². The third-order valence-corrected chi connectivity index (χ3v) is 1.15. The first kappa shape index (κ1) is 16.1. The standard InChI is InChI=1S/C6H9BF3O2.K/c1-3-12-6(11)4-5(2)7(8,9)10;/h4H,3H2,1-2H3;/q-1;+1/b5-4+;. The Kier molecular flexibility index (Phi) is 8.76. The minimum Gasteiger partial charge on any atom is -0.463 e. The summed E-state index contributed by atoms with van der Waals surface area (Å²) in [6, 6.07) is 0. The summed E-state index contributed by atoms with van der Waals surface area (Å²) in [4.78, 5) is 10.5. The fourth-order valence-corrected chi connectivity index (χ4v) is 0.464. The smallest absolute Gasteiger partial charge is 0.463 e. The van der Waals surface area contributed by atoms with Gasteiger partial charge >= 0.3 is 64.3 Å². The molecule has 0 saturated heterocycles. The summed E-state index contributed by atoms with van der Waals surface area (Å²) in [5, 5.41) is 0. The van der Waals surface area contributed by atoms with Crippen LogP contribution in [0.2, 0.25) is 0 Å². The van der Waals surface area contributed by atoms with Crippen LogP contribution in [-0.4, -0.2) is 19.6 Å². The molecule has 0 aromatic heterocycles. The Hall–Kier alpha value is 0.701. The van der Waals surface area contributed by atoms with Gasteiger partial charge in [-0.3, -0.25) is 0 Å². The Labute approximate surface area is 117 Å². The maximum Gasteiger partial charge on any atom is 1.00 e. The van der Waals surface area contributed by atoms with Crippen molar-refractivity contribution in [3.63, 3.8) is 0 Å². The maximum atomic E-state index is 11.8. The molecule has 0 unspecified atom stereocenters. The molecule has 0 fully saturated rings. The zero-order chi connectivity index (χ0) is 9.78. The molecular formula is C6H9BF3KO2. The molecule has 0 saturated carbocycles. The molecule has 0 aromatic rings. The number of halogens is 3. The largest absolute Gasteiger partial charge is 1.00 e. The van der Waals surface area contributed by atoms with Gasteiger partial charge in [0, 0.05) is 0 Å². The normalized spacial score (nSPS) is 11.9. The van der Waals surface area contributed by atoms with Crippen LogP contribution in [0.15, 0.2) is 11.5 Å². The van der Waals surface area contributed by atoms with E-state index >= 15 is 0 Å². The van der Waals surface area contributed by atoms with E-state index in [-0.39, 0.29) is 58.0 Å². The summed E-state index contributed by atoms with van der Waals surface area (Å²) < 4.78 is 39.8. The van der Waals surface area contributed by atoms with Gasteiger partial charge in [-0.2, -0.15) is 0 Å². The molecule has 2 nitrogen and oxygen atoms in total. The maximum absolute atomic E-state index is 11.8. The van der Waals surface area contributed by atoms with Gasteiger partial charge < -0.3 is 17.7 Å². The molecule has 0 atom stereocenters. The van der Waals surface area contributed by atoms with Crippen LogP contribution in [0.3, 0.4) is 0 Å². The fourth-order valence-electron chi connectivity index (χ4n) is 0.464. The molecule has 0 amide bonds. The van der Waals surface area contributed by atoms with Gasteiger partial charge in [-0.15, -0.1) is 5.47 Å². The second kappa shape index (κ2) is 7.05. The zero-order valence-electron chi connectivity index (χ0n) is 7.81. The molecule has 70 valence electrons. The first-order valence-corrected chi connectivity index (χ1v) is 3.42. The van der Waals surface area contributed by atoms with E-state index in [1.165, 1.54) is 6.92 Å². The fraction of sp³-hybridized carbons (Fsp3) is 0.500. The number of hydrogen-bond acceptors (Lipinski definition) is 2. The number of carbonyl (C=O) groups is 1. The van der Waals surface area contributed by atoms with Crippen molar-refractivity contribution >= 4 is 12.9 Å². The summed E-state index contributed by atoms with van der Waals surface area (Å²) in [5.74, 6) is -0.950. The summed E-state index contributed by atoms with van der Waals surface area (Å²) >= 11 is 0. The van der Waals surface area contributed by atoms with Crippen molar-refractivity contribution in [3.8, 4) is 0 Å². The van der Waals surface area contributed by atoms with Gasteiger partial charge in [-0.05, 0) is 13.0 Å². The van der Waals surface area contributed by atoms with Crippen LogP contribution in [0.4, 0.5) is 12.9 Å². The first-order valence-electron chi connectivity index (χ1n) is 3.42. The molecule has 0 heterocycles. The van der Waals surface area contributed by atoms with E-state index in [0.29, 0.717) is 6.08 Å². The third-order valence-electron chi connectivity index (χ3n) is 1.15. The topological polar surface area (TPSA) is 26.3 Å². The Morgan fingerprint density at radius 1 is 1.46 bits per heavy atom. The molecule has 0 rings (SSSR count). The van der Waals surface area contributed by atoms with Gasteiger partial charge in [0.2, 0.25) is 0 Å². The number of carbonyl (C=O) groups excluding carboxylic acids is 1. The van der Waals surface area contributed by atoms with Crippen LogP contribution < -0.4 is 51.4 Å². The molecule has 0 spiro atoms. The van der Waals surface area contributed by atoms with Crippen LogP contribution in [-0.2, 0) is 9.53 Å². The molecule has 0 aliphatic carbocycles. The average Bonchev–Trinajstić information content (AvgIpc) is 1.85. The monoisotopic (exact) mass is 220 g/mol. The first-order chi connectivity index (χ1) is 5.38. The molecule has 13 heavy (non-hydrogen) atoms. The molecule has 0 radical (unpaired) electrons. The number of allylic oxidation sites excluding steroid dienone is 1. The second-order valence-electron chi connectivity index (χ2n) is 2.22. The van der Waals surface area contributed by atoms with E-state index < -0.39 is 18.4 Å².